The fourth-order valence-electron chi connectivity index (χ4n) is 3.00. The minimum Gasteiger partial charge on any atom is -0.484 e. The first kappa shape index (κ1) is 23.8. The minimum atomic E-state index is -0.630. The first-order valence-electron chi connectivity index (χ1n) is 9.88. The van der Waals surface area contributed by atoms with Gasteiger partial charge in [-0.1, -0.05) is 11.6 Å². The number of benzene rings is 1. The number of halogens is 1. The number of nitrogens with zero attached hydrogens (tertiary/aromatic N) is 2. The molecule has 1 saturated heterocycles. The fourth-order valence-corrected chi connectivity index (χ4v) is 3.11. The third-order valence-corrected chi connectivity index (χ3v) is 5.14. The zero-order valence-corrected chi connectivity index (χ0v) is 19.0. The molecule has 0 spiro atoms. The van der Waals surface area contributed by atoms with Crippen LogP contribution in [-0.4, -0.2) is 72.6 Å². The third kappa shape index (κ3) is 7.09. The van der Waals surface area contributed by atoms with Gasteiger partial charge < -0.3 is 24.6 Å². The van der Waals surface area contributed by atoms with Gasteiger partial charge in [0, 0.05) is 31.2 Å². The van der Waals surface area contributed by atoms with Crippen LogP contribution in [0.1, 0.15) is 31.9 Å². The molecule has 2 rings (SSSR count). The van der Waals surface area contributed by atoms with Crippen molar-refractivity contribution in [1.29, 1.82) is 0 Å². The maximum Gasteiger partial charge on any atom is 0.408 e. The van der Waals surface area contributed by atoms with Crippen molar-refractivity contribution in [2.45, 2.75) is 40.2 Å². The number of carbonyl (C=O) groups excluding carboxylic acids is 3. The lowest BCUT2D eigenvalue weighted by Crippen LogP contribution is -2.53. The van der Waals surface area contributed by atoms with Gasteiger partial charge in [-0.15, -0.1) is 0 Å². The molecule has 0 unspecified atom stereocenters. The van der Waals surface area contributed by atoms with E-state index in [1.54, 1.807) is 42.7 Å². The van der Waals surface area contributed by atoms with E-state index in [2.05, 4.69) is 5.32 Å². The number of aryl methyl sites for hydroxylation is 2. The molecule has 0 bridgehead atoms. The number of amides is 3. The van der Waals surface area contributed by atoms with Crippen LogP contribution in [0.15, 0.2) is 12.1 Å². The number of piperazine rings is 1. The SMILES string of the molecule is Cc1cc(OCC(=O)N2CCN(C(=O)CNC(=O)OC(C)(C)C)CC2)cc(C)c1Cl. The highest BCUT2D eigenvalue weighted by Gasteiger charge is 2.25. The Labute approximate surface area is 182 Å². The quantitative estimate of drug-likeness (QED) is 0.761. The molecule has 1 aromatic rings. The average Bonchev–Trinajstić information content (AvgIpc) is 2.67. The van der Waals surface area contributed by atoms with Gasteiger partial charge in [0.15, 0.2) is 6.61 Å². The molecule has 166 valence electrons. The molecule has 8 nitrogen and oxygen atoms in total. The Hall–Kier alpha value is -2.48. The lowest BCUT2D eigenvalue weighted by atomic mass is 10.1. The Morgan fingerprint density at radius 3 is 2.00 bits per heavy atom. The second-order valence-electron chi connectivity index (χ2n) is 8.28. The average molecular weight is 440 g/mol. The van der Waals surface area contributed by atoms with Crippen molar-refractivity contribution in [2.24, 2.45) is 0 Å². The molecular formula is C21H30ClN3O5. The normalized spacial score (nSPS) is 14.3. The highest BCUT2D eigenvalue weighted by Crippen LogP contribution is 2.25. The van der Waals surface area contributed by atoms with Gasteiger partial charge in [-0.3, -0.25) is 9.59 Å². The summed E-state index contributed by atoms with van der Waals surface area (Å²) in [5, 5.41) is 3.15. The summed E-state index contributed by atoms with van der Waals surface area (Å²) in [5.41, 5.74) is 1.17. The molecule has 1 aliphatic heterocycles. The standard InChI is InChI=1S/C21H30ClN3O5/c1-14-10-16(11-15(2)19(14)22)29-13-18(27)25-8-6-24(7-9-25)17(26)12-23-20(28)30-21(3,4)5/h10-11H,6-9,12-13H2,1-5H3,(H,23,28). The second kappa shape index (κ2) is 10.0. The number of nitrogens with one attached hydrogen (secondary N) is 1. The monoisotopic (exact) mass is 439 g/mol. The van der Waals surface area contributed by atoms with Crippen LogP contribution in [0, 0.1) is 13.8 Å². The fraction of sp³-hybridized carbons (Fsp3) is 0.571. The Balaban J connectivity index is 1.75. The van der Waals surface area contributed by atoms with Gasteiger partial charge in [0.25, 0.3) is 5.91 Å². The van der Waals surface area contributed by atoms with Gasteiger partial charge in [-0.05, 0) is 57.9 Å². The number of hydrogen-bond acceptors (Lipinski definition) is 5. The molecule has 1 N–H and O–H groups in total. The molecule has 0 aromatic heterocycles. The molecular weight excluding hydrogens is 410 g/mol. The van der Waals surface area contributed by atoms with E-state index in [9.17, 15) is 14.4 Å². The zero-order valence-electron chi connectivity index (χ0n) is 18.2. The summed E-state index contributed by atoms with van der Waals surface area (Å²) in [6.45, 7) is 10.5. The van der Waals surface area contributed by atoms with Crippen molar-refractivity contribution in [3.63, 3.8) is 0 Å². The van der Waals surface area contributed by atoms with E-state index in [0.29, 0.717) is 37.0 Å². The minimum absolute atomic E-state index is 0.0747. The van der Waals surface area contributed by atoms with Crippen molar-refractivity contribution in [2.75, 3.05) is 39.3 Å². The molecule has 30 heavy (non-hydrogen) atoms. The summed E-state index contributed by atoms with van der Waals surface area (Å²) in [6.07, 6.45) is -0.630. The van der Waals surface area contributed by atoms with Crippen LogP contribution >= 0.6 is 11.6 Å². The Morgan fingerprint density at radius 1 is 1.00 bits per heavy atom. The first-order valence-corrected chi connectivity index (χ1v) is 10.3. The maximum absolute atomic E-state index is 12.4. The highest BCUT2D eigenvalue weighted by atomic mass is 35.5. The van der Waals surface area contributed by atoms with Crippen LogP contribution < -0.4 is 10.1 Å². The summed E-state index contributed by atoms with van der Waals surface area (Å²) in [4.78, 5) is 39.6. The number of carbonyl (C=O) groups is 3. The van der Waals surface area contributed by atoms with Crippen LogP contribution in [0.3, 0.4) is 0 Å². The van der Waals surface area contributed by atoms with Crippen LogP contribution in [0.25, 0.3) is 0 Å². The summed E-state index contributed by atoms with van der Waals surface area (Å²) >= 11 is 6.15. The largest absolute Gasteiger partial charge is 0.484 e. The molecule has 9 heteroatoms. The Bertz CT molecular complexity index is 775. The topological polar surface area (TPSA) is 88.2 Å². The summed E-state index contributed by atoms with van der Waals surface area (Å²) < 4.78 is 10.7. The second-order valence-corrected chi connectivity index (χ2v) is 8.65. The molecule has 0 radical (unpaired) electrons. The number of ether oxygens (including phenoxy) is 2. The summed E-state index contributed by atoms with van der Waals surface area (Å²) in [5.74, 6) is 0.250. The van der Waals surface area contributed by atoms with Gasteiger partial charge in [-0.25, -0.2) is 4.79 Å². The van der Waals surface area contributed by atoms with Crippen LogP contribution in [0.4, 0.5) is 4.79 Å². The lowest BCUT2D eigenvalue weighted by molar-refractivity contribution is -0.140. The number of alkyl carbamates (subject to hydrolysis) is 1. The van der Waals surface area contributed by atoms with Crippen molar-refractivity contribution < 1.29 is 23.9 Å². The van der Waals surface area contributed by atoms with E-state index < -0.39 is 11.7 Å². The van der Waals surface area contributed by atoms with E-state index in [1.165, 1.54) is 0 Å². The lowest BCUT2D eigenvalue weighted by Gasteiger charge is -2.34. The van der Waals surface area contributed by atoms with Gasteiger partial charge in [0.2, 0.25) is 5.91 Å². The van der Waals surface area contributed by atoms with E-state index in [4.69, 9.17) is 21.1 Å². The van der Waals surface area contributed by atoms with Crippen LogP contribution in [0.5, 0.6) is 5.75 Å². The van der Waals surface area contributed by atoms with Crippen molar-refractivity contribution in [1.82, 2.24) is 15.1 Å². The van der Waals surface area contributed by atoms with Crippen molar-refractivity contribution in [3.05, 3.63) is 28.3 Å². The van der Waals surface area contributed by atoms with E-state index in [-0.39, 0.29) is 25.0 Å². The predicted molar refractivity (Wildman–Crippen MR) is 114 cm³/mol. The molecule has 0 saturated carbocycles. The smallest absolute Gasteiger partial charge is 0.408 e. The van der Waals surface area contributed by atoms with E-state index >= 15 is 0 Å². The molecule has 0 aliphatic carbocycles. The zero-order chi connectivity index (χ0) is 22.5. The van der Waals surface area contributed by atoms with E-state index in [0.717, 1.165) is 11.1 Å². The molecule has 1 fully saturated rings. The summed E-state index contributed by atoms with van der Waals surface area (Å²) in [6, 6.07) is 3.60. The Kier molecular flexibility index (Phi) is 7.95. The Morgan fingerprint density at radius 2 is 1.50 bits per heavy atom. The van der Waals surface area contributed by atoms with Gasteiger partial charge in [0.05, 0.1) is 0 Å². The van der Waals surface area contributed by atoms with Crippen LogP contribution in [0.2, 0.25) is 5.02 Å². The molecule has 3 amide bonds. The summed E-state index contributed by atoms with van der Waals surface area (Å²) in [7, 11) is 0. The first-order chi connectivity index (χ1) is 14.0. The molecule has 1 heterocycles. The highest BCUT2D eigenvalue weighted by molar-refractivity contribution is 6.32. The van der Waals surface area contributed by atoms with E-state index in [1.807, 2.05) is 13.8 Å². The van der Waals surface area contributed by atoms with Gasteiger partial charge >= 0.3 is 6.09 Å². The van der Waals surface area contributed by atoms with Crippen LogP contribution in [-0.2, 0) is 14.3 Å². The molecule has 1 aliphatic rings. The van der Waals surface area contributed by atoms with Gasteiger partial charge in [0.1, 0.15) is 17.9 Å². The van der Waals surface area contributed by atoms with Crippen molar-refractivity contribution >= 4 is 29.5 Å². The predicted octanol–water partition coefficient (Wildman–Crippen LogP) is 2.53. The number of rotatable bonds is 5. The van der Waals surface area contributed by atoms with Crippen molar-refractivity contribution in [3.8, 4) is 5.75 Å². The van der Waals surface area contributed by atoms with Gasteiger partial charge in [-0.2, -0.15) is 0 Å². The number of hydrogen-bond donors (Lipinski definition) is 1. The molecule has 1 aromatic carbocycles. The third-order valence-electron chi connectivity index (χ3n) is 4.54. The molecule has 0 atom stereocenters. The maximum atomic E-state index is 12.4.